The van der Waals surface area contributed by atoms with Crippen LogP contribution in [0.3, 0.4) is 0 Å². The van der Waals surface area contributed by atoms with E-state index in [1.54, 1.807) is 29.5 Å². The number of fused-ring (bicyclic) bond motifs is 1. The summed E-state index contributed by atoms with van der Waals surface area (Å²) >= 11 is 3.37. The van der Waals surface area contributed by atoms with E-state index in [1.165, 1.54) is 10.1 Å². The molecule has 4 aromatic rings. The molecule has 0 bridgehead atoms. The average molecular weight is 412 g/mol. The van der Waals surface area contributed by atoms with Crippen LogP contribution in [0.25, 0.3) is 5.65 Å². The number of benzene rings is 1. The highest BCUT2D eigenvalue weighted by Crippen LogP contribution is 2.21. The number of halogens is 1. The number of nitrogens with zero attached hydrogens (tertiary/aromatic N) is 6. The van der Waals surface area contributed by atoms with Crippen LogP contribution in [0.5, 0.6) is 0 Å². The van der Waals surface area contributed by atoms with Crippen LogP contribution in [-0.2, 0) is 6.54 Å². The fourth-order valence-electron chi connectivity index (χ4n) is 2.47. The van der Waals surface area contributed by atoms with E-state index < -0.39 is 5.91 Å². The number of rotatable bonds is 4. The van der Waals surface area contributed by atoms with Gasteiger partial charge in [0.25, 0.3) is 5.91 Å². The molecule has 3 aromatic heterocycles. The van der Waals surface area contributed by atoms with Gasteiger partial charge in [-0.1, -0.05) is 29.8 Å². The van der Waals surface area contributed by atoms with Gasteiger partial charge in [-0.25, -0.2) is 19.2 Å². The van der Waals surface area contributed by atoms with E-state index in [9.17, 15) is 4.79 Å². The maximum Gasteiger partial charge on any atom is 0.279 e. The third-order valence-electron chi connectivity index (χ3n) is 3.78. The second kappa shape index (κ2) is 6.68. The Bertz CT molecular complexity index is 1080. The number of aromatic nitrogens is 6. The molecule has 0 saturated carbocycles. The first-order chi connectivity index (χ1) is 12.6. The molecule has 3 heterocycles. The minimum absolute atomic E-state index is 0.221. The Morgan fingerprint density at radius 3 is 2.77 bits per heavy atom. The maximum atomic E-state index is 12.5. The summed E-state index contributed by atoms with van der Waals surface area (Å²) in [5, 5.41) is 11.2. The van der Waals surface area contributed by atoms with Crippen LogP contribution in [0, 0.1) is 6.92 Å². The predicted octanol–water partition coefficient (Wildman–Crippen LogP) is 2.69. The number of nitrogens with one attached hydrogen (secondary N) is 1. The van der Waals surface area contributed by atoms with Gasteiger partial charge in [-0.2, -0.15) is 5.10 Å². The molecular formula is C17H14BrN7O. The van der Waals surface area contributed by atoms with Gasteiger partial charge >= 0.3 is 0 Å². The summed E-state index contributed by atoms with van der Waals surface area (Å²) in [6.07, 6.45) is 4.94. The van der Waals surface area contributed by atoms with Crippen molar-refractivity contribution in [1.82, 2.24) is 29.4 Å². The van der Waals surface area contributed by atoms with E-state index in [4.69, 9.17) is 0 Å². The van der Waals surface area contributed by atoms with E-state index >= 15 is 0 Å². The molecule has 0 aliphatic rings. The summed E-state index contributed by atoms with van der Waals surface area (Å²) in [4.78, 5) is 20.8. The van der Waals surface area contributed by atoms with E-state index in [1.807, 2.05) is 31.2 Å². The molecule has 0 radical (unpaired) electrons. The third kappa shape index (κ3) is 3.21. The van der Waals surface area contributed by atoms with Crippen LogP contribution in [0.15, 0.2) is 53.5 Å². The second-order valence-corrected chi connectivity index (χ2v) is 6.55. The van der Waals surface area contributed by atoms with Crippen LogP contribution in [0.2, 0.25) is 0 Å². The van der Waals surface area contributed by atoms with Gasteiger partial charge in [0, 0.05) is 12.4 Å². The number of amides is 1. The van der Waals surface area contributed by atoms with Gasteiger partial charge < -0.3 is 0 Å². The highest BCUT2D eigenvalue weighted by Gasteiger charge is 2.19. The van der Waals surface area contributed by atoms with Gasteiger partial charge in [-0.15, -0.1) is 5.10 Å². The average Bonchev–Trinajstić information content (AvgIpc) is 3.22. The van der Waals surface area contributed by atoms with E-state index in [0.717, 1.165) is 5.56 Å². The molecule has 8 nitrogen and oxygen atoms in total. The quantitative estimate of drug-likeness (QED) is 0.557. The van der Waals surface area contributed by atoms with Gasteiger partial charge in [0.05, 0.1) is 11.0 Å². The van der Waals surface area contributed by atoms with Crippen LogP contribution < -0.4 is 5.32 Å². The van der Waals surface area contributed by atoms with Gasteiger partial charge in [0.1, 0.15) is 6.33 Å². The Kier molecular flexibility index (Phi) is 4.21. The normalized spacial score (nSPS) is 11.0. The summed E-state index contributed by atoms with van der Waals surface area (Å²) in [6, 6.07) is 9.91. The zero-order valence-corrected chi connectivity index (χ0v) is 15.4. The number of hydrogen-bond donors (Lipinski definition) is 1. The topological polar surface area (TPSA) is 90.0 Å². The van der Waals surface area contributed by atoms with Gasteiger partial charge in [0.15, 0.2) is 11.3 Å². The summed E-state index contributed by atoms with van der Waals surface area (Å²) < 4.78 is 3.72. The summed E-state index contributed by atoms with van der Waals surface area (Å²) in [5.41, 5.74) is 3.09. The fraction of sp³-hybridized carbons (Fsp3) is 0.118. The molecule has 1 N–H and O–H groups in total. The van der Waals surface area contributed by atoms with Gasteiger partial charge in [-0.05, 0) is 34.5 Å². The lowest BCUT2D eigenvalue weighted by atomic mass is 10.1. The van der Waals surface area contributed by atoms with Crippen LogP contribution in [0.4, 0.5) is 5.95 Å². The molecular weight excluding hydrogens is 398 g/mol. The van der Waals surface area contributed by atoms with E-state index in [0.29, 0.717) is 16.7 Å². The number of hydrogen-bond acceptors (Lipinski definition) is 5. The molecule has 0 spiro atoms. The summed E-state index contributed by atoms with van der Waals surface area (Å²) in [6.45, 7) is 2.62. The summed E-state index contributed by atoms with van der Waals surface area (Å²) in [7, 11) is 0. The molecule has 0 unspecified atom stereocenters. The van der Waals surface area contributed by atoms with Crippen molar-refractivity contribution >= 4 is 33.4 Å². The first-order valence-electron chi connectivity index (χ1n) is 7.85. The van der Waals surface area contributed by atoms with Gasteiger partial charge in [-0.3, -0.25) is 10.1 Å². The van der Waals surface area contributed by atoms with Crippen molar-refractivity contribution in [2.45, 2.75) is 13.5 Å². The molecule has 0 aliphatic heterocycles. The lowest BCUT2D eigenvalue weighted by molar-refractivity contribution is 0.102. The minimum atomic E-state index is -0.407. The zero-order valence-electron chi connectivity index (χ0n) is 13.8. The van der Waals surface area contributed by atoms with Crippen LogP contribution in [-0.4, -0.2) is 35.3 Å². The predicted molar refractivity (Wildman–Crippen MR) is 98.9 cm³/mol. The van der Waals surface area contributed by atoms with Crippen molar-refractivity contribution in [3.8, 4) is 0 Å². The van der Waals surface area contributed by atoms with Crippen LogP contribution in [0.1, 0.15) is 21.6 Å². The van der Waals surface area contributed by atoms with Crippen molar-refractivity contribution in [3.05, 3.63) is 70.3 Å². The molecule has 0 aliphatic carbocycles. The SMILES string of the molecule is Cc1ccc(Cn2cnc(NC(=O)c3nn4cccnc4c3Br)n2)cc1. The van der Waals surface area contributed by atoms with E-state index in [2.05, 4.69) is 41.4 Å². The van der Waals surface area contributed by atoms with Crippen molar-refractivity contribution in [1.29, 1.82) is 0 Å². The second-order valence-electron chi connectivity index (χ2n) is 5.76. The third-order valence-corrected chi connectivity index (χ3v) is 4.51. The molecule has 1 aromatic carbocycles. The largest absolute Gasteiger partial charge is 0.288 e. The number of anilines is 1. The maximum absolute atomic E-state index is 12.5. The Balaban J connectivity index is 1.50. The number of aryl methyl sites for hydroxylation is 1. The standard InChI is InChI=1S/C17H14BrN7O/c1-11-3-5-12(6-4-11)9-24-10-20-17(23-24)21-16(26)14-13(18)15-19-7-2-8-25(15)22-14/h2-8,10H,9H2,1H3,(H,21,23,26). The van der Waals surface area contributed by atoms with E-state index in [-0.39, 0.29) is 11.6 Å². The molecule has 0 fully saturated rings. The Morgan fingerprint density at radius 2 is 2.00 bits per heavy atom. The lowest BCUT2D eigenvalue weighted by Crippen LogP contribution is -2.14. The molecule has 0 saturated heterocycles. The molecule has 130 valence electrons. The van der Waals surface area contributed by atoms with Crippen molar-refractivity contribution < 1.29 is 4.79 Å². The smallest absolute Gasteiger partial charge is 0.279 e. The molecule has 0 atom stereocenters. The number of carbonyl (C=O) groups excluding carboxylic acids is 1. The zero-order chi connectivity index (χ0) is 18.1. The number of carbonyl (C=O) groups is 1. The first kappa shape index (κ1) is 16.4. The fourth-order valence-corrected chi connectivity index (χ4v) is 3.02. The Labute approximate surface area is 157 Å². The van der Waals surface area contributed by atoms with Crippen molar-refractivity contribution in [3.63, 3.8) is 0 Å². The summed E-state index contributed by atoms with van der Waals surface area (Å²) in [5.74, 6) is -0.186. The monoisotopic (exact) mass is 411 g/mol. The molecule has 9 heteroatoms. The highest BCUT2D eigenvalue weighted by atomic mass is 79.9. The highest BCUT2D eigenvalue weighted by molar-refractivity contribution is 9.10. The first-order valence-corrected chi connectivity index (χ1v) is 8.64. The Hall–Kier alpha value is -3.07. The molecule has 1 amide bonds. The molecule has 4 rings (SSSR count). The molecule has 26 heavy (non-hydrogen) atoms. The lowest BCUT2D eigenvalue weighted by Gasteiger charge is -2.01. The van der Waals surface area contributed by atoms with Crippen molar-refractivity contribution in [2.24, 2.45) is 0 Å². The van der Waals surface area contributed by atoms with Crippen LogP contribution >= 0.6 is 15.9 Å². The Morgan fingerprint density at radius 1 is 1.19 bits per heavy atom. The van der Waals surface area contributed by atoms with Gasteiger partial charge in [0.2, 0.25) is 5.95 Å². The minimum Gasteiger partial charge on any atom is -0.288 e. The van der Waals surface area contributed by atoms with Crippen molar-refractivity contribution in [2.75, 3.05) is 5.32 Å².